The zero-order chi connectivity index (χ0) is 9.64. The molecule has 0 unspecified atom stereocenters. The van der Waals surface area contributed by atoms with E-state index >= 15 is 0 Å². The van der Waals surface area contributed by atoms with E-state index in [2.05, 4.69) is 19.1 Å². The lowest BCUT2D eigenvalue weighted by Crippen LogP contribution is -2.19. The molecule has 0 spiro atoms. The molecular weight excluding hydrogens is 192 g/mol. The van der Waals surface area contributed by atoms with Crippen LogP contribution in [0.1, 0.15) is 18.4 Å². The minimum atomic E-state index is -3.58. The summed E-state index contributed by atoms with van der Waals surface area (Å²) in [5, 5.41) is 0. The summed E-state index contributed by atoms with van der Waals surface area (Å²) in [6.07, 6.45) is 0. The van der Waals surface area contributed by atoms with E-state index in [4.69, 9.17) is 0 Å². The van der Waals surface area contributed by atoms with Crippen molar-refractivity contribution in [1.82, 2.24) is 9.97 Å². The number of H-pyrrole nitrogens is 1. The summed E-state index contributed by atoms with van der Waals surface area (Å²) in [4.78, 5) is 6.89. The Morgan fingerprint density at radius 3 is 2.69 bits per heavy atom. The van der Waals surface area contributed by atoms with Crippen LogP contribution in [0.2, 0.25) is 0 Å². The molecule has 0 amide bonds. The van der Waals surface area contributed by atoms with Crippen molar-refractivity contribution in [3.63, 3.8) is 0 Å². The van der Waals surface area contributed by atoms with Crippen molar-refractivity contribution in [2.75, 3.05) is 4.72 Å². The lowest BCUT2D eigenvalue weighted by atomic mass is 10.3. The third kappa shape index (κ3) is 1.31. The summed E-state index contributed by atoms with van der Waals surface area (Å²) < 4.78 is 27.9. The van der Waals surface area contributed by atoms with Gasteiger partial charge in [-0.3, -0.25) is 0 Å². The van der Waals surface area contributed by atoms with Gasteiger partial charge in [0.05, 0.1) is 5.71 Å². The fraction of sp³-hybridized carbons (Fsp3) is 0.333. The Morgan fingerprint density at radius 2 is 2.00 bits per heavy atom. The van der Waals surface area contributed by atoms with Crippen LogP contribution in [0.25, 0.3) is 0 Å². The van der Waals surface area contributed by atoms with Gasteiger partial charge in [-0.15, -0.1) is 4.40 Å². The van der Waals surface area contributed by atoms with E-state index in [1.54, 1.807) is 13.8 Å². The molecule has 0 fully saturated rings. The summed E-state index contributed by atoms with van der Waals surface area (Å²) in [6, 6.07) is 0. The van der Waals surface area contributed by atoms with Crippen LogP contribution in [0.4, 0.5) is 5.82 Å². The zero-order valence-corrected chi connectivity index (χ0v) is 7.94. The first-order valence-corrected chi connectivity index (χ1v) is 5.08. The van der Waals surface area contributed by atoms with Gasteiger partial charge in [0.2, 0.25) is 0 Å². The van der Waals surface area contributed by atoms with Crippen molar-refractivity contribution in [2.45, 2.75) is 13.8 Å². The summed E-state index contributed by atoms with van der Waals surface area (Å²) >= 11 is 0. The number of aryl methyl sites for hydroxylation is 1. The van der Waals surface area contributed by atoms with Crippen LogP contribution in [0.5, 0.6) is 0 Å². The number of imidazole rings is 1. The van der Waals surface area contributed by atoms with Crippen LogP contribution in [0.3, 0.4) is 0 Å². The summed E-state index contributed by atoms with van der Waals surface area (Å²) in [5.74, 6) is 0.981. The Kier molecular flexibility index (Phi) is 1.47. The summed E-state index contributed by atoms with van der Waals surface area (Å²) in [6.45, 7) is 3.37. The van der Waals surface area contributed by atoms with Gasteiger partial charge in [-0.2, -0.15) is 8.42 Å². The standard InChI is InChI=1S/C6H8N4O2S/c1-3-5-6(8-4(2)7-5)10-13(11,12)9-3/h10H,1-2H3,(H,7,8). The van der Waals surface area contributed by atoms with E-state index in [0.717, 1.165) is 0 Å². The monoisotopic (exact) mass is 200 g/mol. The first kappa shape index (κ1) is 8.24. The molecule has 6 nitrogen and oxygen atoms in total. The molecule has 0 atom stereocenters. The Labute approximate surface area is 75.3 Å². The molecule has 1 aromatic rings. The first-order valence-electron chi connectivity index (χ1n) is 3.64. The normalized spacial score (nSPS) is 18.8. The van der Waals surface area contributed by atoms with Gasteiger partial charge >= 0.3 is 10.2 Å². The lowest BCUT2D eigenvalue weighted by Gasteiger charge is -2.09. The fourth-order valence-electron chi connectivity index (χ4n) is 1.20. The van der Waals surface area contributed by atoms with Crippen LogP contribution in [-0.4, -0.2) is 24.1 Å². The highest BCUT2D eigenvalue weighted by Gasteiger charge is 2.22. The van der Waals surface area contributed by atoms with E-state index in [-0.39, 0.29) is 0 Å². The van der Waals surface area contributed by atoms with Crippen molar-refractivity contribution in [3.8, 4) is 0 Å². The molecule has 0 radical (unpaired) electrons. The van der Waals surface area contributed by atoms with Gasteiger partial charge in [0.25, 0.3) is 0 Å². The number of fused-ring (bicyclic) bond motifs is 1. The van der Waals surface area contributed by atoms with Crippen LogP contribution in [0, 0.1) is 6.92 Å². The van der Waals surface area contributed by atoms with Crippen LogP contribution in [-0.2, 0) is 10.2 Å². The number of hydrogen-bond acceptors (Lipinski definition) is 3. The summed E-state index contributed by atoms with van der Waals surface area (Å²) in [7, 11) is -3.58. The van der Waals surface area contributed by atoms with Crippen molar-refractivity contribution in [3.05, 3.63) is 11.5 Å². The number of hydrogen-bond donors (Lipinski definition) is 2. The SMILES string of the molecule is CC1=NS(=O)(=O)Nc2nc(C)[nH]c21. The minimum Gasteiger partial charge on any atom is -0.339 e. The van der Waals surface area contributed by atoms with Gasteiger partial charge in [-0.25, -0.2) is 9.71 Å². The number of aromatic nitrogens is 2. The molecule has 70 valence electrons. The molecule has 2 heterocycles. The lowest BCUT2D eigenvalue weighted by molar-refractivity contribution is 0.602. The highest BCUT2D eigenvalue weighted by molar-refractivity contribution is 7.91. The zero-order valence-electron chi connectivity index (χ0n) is 7.12. The van der Waals surface area contributed by atoms with E-state index in [0.29, 0.717) is 23.0 Å². The predicted molar refractivity (Wildman–Crippen MR) is 48.1 cm³/mol. The number of nitrogens with one attached hydrogen (secondary N) is 2. The highest BCUT2D eigenvalue weighted by Crippen LogP contribution is 2.20. The fourth-order valence-corrected chi connectivity index (χ4v) is 2.09. The molecule has 13 heavy (non-hydrogen) atoms. The second-order valence-electron chi connectivity index (χ2n) is 2.80. The molecule has 0 aromatic carbocycles. The predicted octanol–water partition coefficient (Wildman–Crippen LogP) is 0.197. The van der Waals surface area contributed by atoms with E-state index in [9.17, 15) is 8.42 Å². The van der Waals surface area contributed by atoms with Crippen molar-refractivity contribution < 1.29 is 8.42 Å². The average Bonchev–Trinajstić information content (AvgIpc) is 2.27. The smallest absolute Gasteiger partial charge is 0.339 e. The number of aromatic amines is 1. The first-order chi connectivity index (χ1) is 5.98. The van der Waals surface area contributed by atoms with Gasteiger partial charge in [0.15, 0.2) is 5.82 Å². The second kappa shape index (κ2) is 2.32. The molecule has 1 aliphatic rings. The largest absolute Gasteiger partial charge is 0.343 e. The van der Waals surface area contributed by atoms with Gasteiger partial charge < -0.3 is 4.98 Å². The summed E-state index contributed by atoms with van der Waals surface area (Å²) in [5.41, 5.74) is 1.06. The van der Waals surface area contributed by atoms with Crippen LogP contribution < -0.4 is 4.72 Å². The Bertz CT molecular complexity index is 485. The highest BCUT2D eigenvalue weighted by atomic mass is 32.2. The quantitative estimate of drug-likeness (QED) is 0.627. The van der Waals surface area contributed by atoms with Gasteiger partial charge in [0, 0.05) is 0 Å². The van der Waals surface area contributed by atoms with Gasteiger partial charge in [0.1, 0.15) is 11.5 Å². The van der Waals surface area contributed by atoms with Crippen LogP contribution in [0.15, 0.2) is 4.40 Å². The molecule has 0 saturated carbocycles. The molecule has 1 aromatic heterocycles. The molecule has 0 saturated heterocycles. The molecule has 2 N–H and O–H groups in total. The third-order valence-corrected chi connectivity index (χ3v) is 2.63. The topological polar surface area (TPSA) is 87.2 Å². The Balaban J connectivity index is 2.67. The molecule has 2 rings (SSSR count). The van der Waals surface area contributed by atoms with E-state index in [1.165, 1.54) is 0 Å². The van der Waals surface area contributed by atoms with E-state index < -0.39 is 10.2 Å². The molecule has 1 aliphatic heterocycles. The molecule has 7 heteroatoms. The second-order valence-corrected chi connectivity index (χ2v) is 4.14. The van der Waals surface area contributed by atoms with Crippen LogP contribution >= 0.6 is 0 Å². The number of anilines is 1. The van der Waals surface area contributed by atoms with Crippen molar-refractivity contribution >= 4 is 21.7 Å². The Hall–Kier alpha value is -1.37. The minimum absolute atomic E-state index is 0.324. The maximum Gasteiger partial charge on any atom is 0.343 e. The molecule has 0 bridgehead atoms. The third-order valence-electron chi connectivity index (χ3n) is 1.67. The maximum absolute atomic E-state index is 11.1. The molecule has 0 aliphatic carbocycles. The maximum atomic E-state index is 11.1. The van der Waals surface area contributed by atoms with E-state index in [1.807, 2.05) is 0 Å². The number of nitrogens with zero attached hydrogens (tertiary/aromatic N) is 2. The van der Waals surface area contributed by atoms with Gasteiger partial charge in [-0.1, -0.05) is 0 Å². The average molecular weight is 200 g/mol. The molecular formula is C6H8N4O2S. The number of rotatable bonds is 0. The Morgan fingerprint density at radius 1 is 1.31 bits per heavy atom. The van der Waals surface area contributed by atoms with Gasteiger partial charge in [-0.05, 0) is 13.8 Å². The van der Waals surface area contributed by atoms with Crippen molar-refractivity contribution in [2.24, 2.45) is 4.40 Å². The van der Waals surface area contributed by atoms with Crippen molar-refractivity contribution in [1.29, 1.82) is 0 Å².